The van der Waals surface area contributed by atoms with E-state index in [0.29, 0.717) is 35.4 Å². The smallest absolute Gasteiger partial charge is 0.244 e. The van der Waals surface area contributed by atoms with Crippen LogP contribution < -0.4 is 10.0 Å². The van der Waals surface area contributed by atoms with Gasteiger partial charge in [0, 0.05) is 24.4 Å². The topological polar surface area (TPSA) is 86.9 Å². The lowest BCUT2D eigenvalue weighted by Gasteiger charge is -2.11. The predicted molar refractivity (Wildman–Crippen MR) is 81.4 cm³/mol. The Morgan fingerprint density at radius 3 is 2.80 bits per heavy atom. The molecule has 20 heavy (non-hydrogen) atoms. The third-order valence-corrected chi connectivity index (χ3v) is 5.93. The molecule has 1 heterocycles. The second kappa shape index (κ2) is 6.46. The Morgan fingerprint density at radius 2 is 2.20 bits per heavy atom. The van der Waals surface area contributed by atoms with Gasteiger partial charge in [0.2, 0.25) is 10.0 Å². The highest BCUT2D eigenvalue weighted by molar-refractivity contribution is 7.99. The average Bonchev–Trinajstić information content (AvgIpc) is 3.16. The summed E-state index contributed by atoms with van der Waals surface area (Å²) in [6, 6.07) is 0.520. The normalized spacial score (nSPS) is 17.4. The van der Waals surface area contributed by atoms with E-state index in [1.54, 1.807) is 18.7 Å². The van der Waals surface area contributed by atoms with Gasteiger partial charge in [0.15, 0.2) is 0 Å². The Kier molecular flexibility index (Phi) is 5.11. The van der Waals surface area contributed by atoms with E-state index in [0.717, 1.165) is 12.8 Å². The predicted octanol–water partition coefficient (Wildman–Crippen LogP) is 1.000. The molecule has 1 unspecified atom stereocenters. The van der Waals surface area contributed by atoms with Crippen LogP contribution in [0.4, 0.5) is 0 Å². The molecule has 1 aromatic heterocycles. The van der Waals surface area contributed by atoms with Gasteiger partial charge in [0.1, 0.15) is 4.90 Å². The molecule has 114 valence electrons. The van der Waals surface area contributed by atoms with Crippen LogP contribution in [0.25, 0.3) is 0 Å². The molecule has 0 radical (unpaired) electrons. The van der Waals surface area contributed by atoms with Crippen LogP contribution in [0.5, 0.6) is 0 Å². The first-order valence-electron chi connectivity index (χ1n) is 6.73. The van der Waals surface area contributed by atoms with Crippen LogP contribution in [0.15, 0.2) is 4.90 Å². The second-order valence-corrected chi connectivity index (χ2v) is 8.16. The molecule has 0 amide bonds. The van der Waals surface area contributed by atoms with E-state index in [1.165, 1.54) is 0 Å². The van der Waals surface area contributed by atoms with Gasteiger partial charge in [-0.3, -0.25) is 5.10 Å². The van der Waals surface area contributed by atoms with Crippen molar-refractivity contribution in [3.63, 3.8) is 0 Å². The van der Waals surface area contributed by atoms with Crippen molar-refractivity contribution in [3.05, 3.63) is 11.4 Å². The van der Waals surface area contributed by atoms with Crippen LogP contribution in [0, 0.1) is 6.92 Å². The van der Waals surface area contributed by atoms with E-state index >= 15 is 0 Å². The number of aromatic nitrogens is 2. The Bertz CT molecular complexity index is 552. The molecule has 8 heteroatoms. The summed E-state index contributed by atoms with van der Waals surface area (Å²) >= 11 is 1.63. The summed E-state index contributed by atoms with van der Waals surface area (Å²) in [5.74, 6) is 0. The van der Waals surface area contributed by atoms with Crippen molar-refractivity contribution in [2.24, 2.45) is 0 Å². The fraction of sp³-hybridized carbons (Fsp3) is 0.750. The minimum Gasteiger partial charge on any atom is -0.308 e. The summed E-state index contributed by atoms with van der Waals surface area (Å²) < 4.78 is 27.5. The van der Waals surface area contributed by atoms with E-state index in [2.05, 4.69) is 20.2 Å². The SMILES string of the molecule is CSC(C)CNS(=O)(=O)c1c(CNC2CC2)n[nH]c1C. The van der Waals surface area contributed by atoms with E-state index in [-0.39, 0.29) is 5.25 Å². The van der Waals surface area contributed by atoms with Gasteiger partial charge in [-0.25, -0.2) is 13.1 Å². The van der Waals surface area contributed by atoms with Gasteiger partial charge in [0.25, 0.3) is 0 Å². The van der Waals surface area contributed by atoms with Crippen molar-refractivity contribution in [1.29, 1.82) is 0 Å². The van der Waals surface area contributed by atoms with Crippen LogP contribution in [0.3, 0.4) is 0 Å². The number of aromatic amines is 1. The minimum absolute atomic E-state index is 0.241. The van der Waals surface area contributed by atoms with Crippen LogP contribution in [0.1, 0.15) is 31.2 Å². The van der Waals surface area contributed by atoms with Crippen LogP contribution in [-0.2, 0) is 16.6 Å². The molecule has 0 spiro atoms. The average molecular weight is 318 g/mol. The third-order valence-electron chi connectivity index (χ3n) is 3.33. The first-order chi connectivity index (χ1) is 9.44. The molecule has 1 aliphatic carbocycles. The summed E-state index contributed by atoms with van der Waals surface area (Å²) in [7, 11) is -3.51. The maximum absolute atomic E-state index is 12.4. The fourth-order valence-electron chi connectivity index (χ4n) is 1.86. The summed E-state index contributed by atoms with van der Waals surface area (Å²) in [5, 5.41) is 10.4. The van der Waals surface area contributed by atoms with Crippen molar-refractivity contribution >= 4 is 21.8 Å². The van der Waals surface area contributed by atoms with Gasteiger partial charge in [0.05, 0.1) is 11.4 Å². The quantitative estimate of drug-likeness (QED) is 0.666. The van der Waals surface area contributed by atoms with E-state index in [1.807, 2.05) is 13.2 Å². The Balaban J connectivity index is 2.10. The number of nitrogens with zero attached hydrogens (tertiary/aromatic N) is 1. The molecule has 2 rings (SSSR count). The molecule has 1 atom stereocenters. The van der Waals surface area contributed by atoms with E-state index < -0.39 is 10.0 Å². The highest BCUT2D eigenvalue weighted by Crippen LogP contribution is 2.22. The third kappa shape index (κ3) is 3.97. The van der Waals surface area contributed by atoms with Gasteiger partial charge in [-0.15, -0.1) is 0 Å². The van der Waals surface area contributed by atoms with Gasteiger partial charge >= 0.3 is 0 Å². The molecule has 0 aliphatic heterocycles. The maximum Gasteiger partial charge on any atom is 0.244 e. The highest BCUT2D eigenvalue weighted by Gasteiger charge is 2.26. The molecule has 1 fully saturated rings. The first-order valence-corrected chi connectivity index (χ1v) is 9.51. The second-order valence-electron chi connectivity index (χ2n) is 5.18. The zero-order valence-electron chi connectivity index (χ0n) is 12.1. The molecule has 1 aliphatic rings. The fourth-order valence-corrected chi connectivity index (χ4v) is 3.70. The summed E-state index contributed by atoms with van der Waals surface area (Å²) in [6.45, 7) is 4.64. The lowest BCUT2D eigenvalue weighted by molar-refractivity contribution is 0.577. The number of thioether (sulfide) groups is 1. The Hall–Kier alpha value is -0.570. The first kappa shape index (κ1) is 15.8. The van der Waals surface area contributed by atoms with Gasteiger partial charge in [-0.05, 0) is 26.0 Å². The highest BCUT2D eigenvalue weighted by atomic mass is 32.2. The van der Waals surface area contributed by atoms with Crippen LogP contribution in [0.2, 0.25) is 0 Å². The summed E-state index contributed by atoms with van der Waals surface area (Å²) in [4.78, 5) is 0.291. The van der Waals surface area contributed by atoms with Crippen molar-refractivity contribution in [2.75, 3.05) is 12.8 Å². The van der Waals surface area contributed by atoms with Crippen molar-refractivity contribution in [2.45, 2.75) is 49.4 Å². The Morgan fingerprint density at radius 1 is 1.50 bits per heavy atom. The van der Waals surface area contributed by atoms with Gasteiger partial charge in [-0.2, -0.15) is 16.9 Å². The molecule has 0 aromatic carbocycles. The number of aryl methyl sites for hydroxylation is 1. The standard InChI is InChI=1S/C12H22N4O2S2/c1-8(19-3)6-14-20(17,18)12-9(2)15-16-11(12)7-13-10-4-5-10/h8,10,13-14H,4-7H2,1-3H3,(H,15,16). The molecule has 6 nitrogen and oxygen atoms in total. The number of nitrogens with one attached hydrogen (secondary N) is 3. The molecule has 0 saturated heterocycles. The lowest BCUT2D eigenvalue weighted by Crippen LogP contribution is -2.31. The molecular weight excluding hydrogens is 296 g/mol. The number of H-pyrrole nitrogens is 1. The molecule has 0 bridgehead atoms. The molecular formula is C12H22N4O2S2. The van der Waals surface area contributed by atoms with Crippen molar-refractivity contribution in [1.82, 2.24) is 20.2 Å². The van der Waals surface area contributed by atoms with E-state index in [9.17, 15) is 8.42 Å². The monoisotopic (exact) mass is 318 g/mol. The Labute approximate surface area is 124 Å². The number of hydrogen-bond donors (Lipinski definition) is 3. The number of hydrogen-bond acceptors (Lipinski definition) is 5. The zero-order chi connectivity index (χ0) is 14.8. The molecule has 3 N–H and O–H groups in total. The zero-order valence-corrected chi connectivity index (χ0v) is 13.7. The minimum atomic E-state index is -3.51. The number of sulfonamides is 1. The van der Waals surface area contributed by atoms with Gasteiger partial charge < -0.3 is 5.32 Å². The maximum atomic E-state index is 12.4. The number of rotatable bonds is 8. The van der Waals surface area contributed by atoms with Crippen LogP contribution >= 0.6 is 11.8 Å². The van der Waals surface area contributed by atoms with Crippen molar-refractivity contribution in [3.8, 4) is 0 Å². The van der Waals surface area contributed by atoms with E-state index in [4.69, 9.17) is 0 Å². The lowest BCUT2D eigenvalue weighted by atomic mass is 10.3. The molecule has 1 saturated carbocycles. The molecule has 1 aromatic rings. The largest absolute Gasteiger partial charge is 0.308 e. The van der Waals surface area contributed by atoms with Gasteiger partial charge in [-0.1, -0.05) is 6.92 Å². The summed E-state index contributed by atoms with van der Waals surface area (Å²) in [6.07, 6.45) is 4.29. The van der Waals surface area contributed by atoms with Crippen LogP contribution in [-0.4, -0.2) is 42.7 Å². The summed E-state index contributed by atoms with van der Waals surface area (Å²) in [5.41, 5.74) is 1.15. The van der Waals surface area contributed by atoms with Crippen molar-refractivity contribution < 1.29 is 8.42 Å².